The molecule has 0 radical (unpaired) electrons. The van der Waals surface area contributed by atoms with E-state index in [9.17, 15) is 9.59 Å². The number of rotatable bonds is 6. The molecule has 0 aliphatic rings. The van der Waals surface area contributed by atoms with Crippen LogP contribution >= 0.6 is 0 Å². The summed E-state index contributed by atoms with van der Waals surface area (Å²) in [6.07, 6.45) is 0. The first-order valence-electron chi connectivity index (χ1n) is 7.62. The van der Waals surface area contributed by atoms with Gasteiger partial charge in [-0.1, -0.05) is 12.1 Å². The van der Waals surface area contributed by atoms with Gasteiger partial charge in [0.25, 0.3) is 5.91 Å². The minimum atomic E-state index is -0.635. The molecule has 0 saturated carbocycles. The first-order chi connectivity index (χ1) is 11.5. The van der Waals surface area contributed by atoms with Crippen LogP contribution in [0.3, 0.4) is 0 Å². The van der Waals surface area contributed by atoms with Gasteiger partial charge in [0.2, 0.25) is 0 Å². The number of ether oxygens (including phenoxy) is 1. The first kappa shape index (κ1) is 17.3. The lowest BCUT2D eigenvalue weighted by atomic mass is 10.1. The van der Waals surface area contributed by atoms with Gasteiger partial charge in [0.1, 0.15) is 5.75 Å². The molecule has 2 aromatic carbocycles. The van der Waals surface area contributed by atoms with Crippen molar-refractivity contribution in [2.45, 2.75) is 13.5 Å². The molecule has 0 bridgehead atoms. The van der Waals surface area contributed by atoms with Crippen molar-refractivity contribution < 1.29 is 14.3 Å². The molecule has 6 nitrogen and oxygen atoms in total. The van der Waals surface area contributed by atoms with E-state index in [2.05, 4.69) is 5.32 Å². The zero-order valence-corrected chi connectivity index (χ0v) is 13.8. The number of amides is 3. The molecule has 3 N–H and O–H groups in total. The minimum Gasteiger partial charge on any atom is -0.497 e. The summed E-state index contributed by atoms with van der Waals surface area (Å²) < 4.78 is 5.14. The number of hydrogen-bond acceptors (Lipinski definition) is 3. The predicted molar refractivity (Wildman–Crippen MR) is 93.1 cm³/mol. The molecule has 0 heterocycles. The van der Waals surface area contributed by atoms with Crippen molar-refractivity contribution in [1.82, 2.24) is 4.90 Å². The van der Waals surface area contributed by atoms with E-state index >= 15 is 0 Å². The van der Waals surface area contributed by atoms with E-state index in [0.29, 0.717) is 24.3 Å². The average Bonchev–Trinajstić information content (AvgIpc) is 2.60. The third-order valence-electron chi connectivity index (χ3n) is 3.60. The van der Waals surface area contributed by atoms with Gasteiger partial charge in [-0.2, -0.15) is 0 Å². The standard InChI is InChI=1S/C18H21N3O3/c1-3-21(12-13-4-10-16(24-2)11-5-13)17(22)14-6-8-15(9-7-14)20-18(19)23/h4-11H,3,12H2,1-2H3,(H3,19,20,23). The van der Waals surface area contributed by atoms with Gasteiger partial charge in [0.05, 0.1) is 7.11 Å². The van der Waals surface area contributed by atoms with Gasteiger partial charge in [0, 0.05) is 24.3 Å². The number of carbonyl (C=O) groups excluding carboxylic acids is 2. The van der Waals surface area contributed by atoms with Crippen LogP contribution in [0, 0.1) is 0 Å². The SMILES string of the molecule is CCN(Cc1ccc(OC)cc1)C(=O)c1ccc(NC(N)=O)cc1. The Bertz CT molecular complexity index is 696. The first-order valence-corrected chi connectivity index (χ1v) is 7.62. The second-order valence-electron chi connectivity index (χ2n) is 5.23. The summed E-state index contributed by atoms with van der Waals surface area (Å²) in [5.41, 5.74) is 7.20. The maximum atomic E-state index is 12.6. The molecule has 3 amide bonds. The van der Waals surface area contributed by atoms with E-state index in [-0.39, 0.29) is 5.91 Å². The highest BCUT2D eigenvalue weighted by atomic mass is 16.5. The fourth-order valence-corrected chi connectivity index (χ4v) is 2.30. The molecule has 0 saturated heterocycles. The normalized spacial score (nSPS) is 10.1. The summed E-state index contributed by atoms with van der Waals surface area (Å²) in [6, 6.07) is 13.6. The van der Waals surface area contributed by atoms with Crippen LogP contribution in [-0.4, -0.2) is 30.5 Å². The third kappa shape index (κ3) is 4.49. The summed E-state index contributed by atoms with van der Waals surface area (Å²) in [5.74, 6) is 0.713. The second-order valence-corrected chi connectivity index (χ2v) is 5.23. The third-order valence-corrected chi connectivity index (χ3v) is 3.60. The highest BCUT2D eigenvalue weighted by Crippen LogP contribution is 2.16. The molecule has 2 rings (SSSR count). The molecule has 0 aromatic heterocycles. The lowest BCUT2D eigenvalue weighted by molar-refractivity contribution is 0.0752. The largest absolute Gasteiger partial charge is 0.497 e. The van der Waals surface area contributed by atoms with Crippen LogP contribution in [0.15, 0.2) is 48.5 Å². The molecule has 0 aliphatic carbocycles. The number of hydrogen-bond donors (Lipinski definition) is 2. The van der Waals surface area contributed by atoms with Gasteiger partial charge >= 0.3 is 6.03 Å². The van der Waals surface area contributed by atoms with E-state index in [4.69, 9.17) is 10.5 Å². The Labute approximate surface area is 141 Å². The molecule has 6 heteroatoms. The van der Waals surface area contributed by atoms with Crippen molar-refractivity contribution in [2.24, 2.45) is 5.73 Å². The van der Waals surface area contributed by atoms with Crippen LogP contribution in [0.5, 0.6) is 5.75 Å². The minimum absolute atomic E-state index is 0.0704. The van der Waals surface area contributed by atoms with Crippen LogP contribution in [0.25, 0.3) is 0 Å². The van der Waals surface area contributed by atoms with Gasteiger partial charge in [-0.15, -0.1) is 0 Å². The second kappa shape index (κ2) is 8.01. The Balaban J connectivity index is 2.08. The molecular formula is C18H21N3O3. The molecule has 24 heavy (non-hydrogen) atoms. The summed E-state index contributed by atoms with van der Waals surface area (Å²) in [5, 5.41) is 2.47. The zero-order chi connectivity index (χ0) is 17.5. The smallest absolute Gasteiger partial charge is 0.316 e. The van der Waals surface area contributed by atoms with Crippen molar-refractivity contribution in [1.29, 1.82) is 0 Å². The Morgan fingerprint density at radius 3 is 2.21 bits per heavy atom. The molecule has 2 aromatic rings. The summed E-state index contributed by atoms with van der Waals surface area (Å²) in [7, 11) is 1.62. The quantitative estimate of drug-likeness (QED) is 0.855. The number of carbonyl (C=O) groups is 2. The van der Waals surface area contributed by atoms with Crippen LogP contribution in [-0.2, 0) is 6.54 Å². The fourth-order valence-electron chi connectivity index (χ4n) is 2.30. The number of benzene rings is 2. The Hall–Kier alpha value is -3.02. The van der Waals surface area contributed by atoms with Gasteiger partial charge in [-0.25, -0.2) is 4.79 Å². The lowest BCUT2D eigenvalue weighted by Gasteiger charge is -2.21. The lowest BCUT2D eigenvalue weighted by Crippen LogP contribution is -2.30. The molecule has 0 unspecified atom stereocenters. The summed E-state index contributed by atoms with van der Waals surface area (Å²) >= 11 is 0. The number of urea groups is 1. The molecular weight excluding hydrogens is 306 g/mol. The van der Waals surface area contributed by atoms with Crippen molar-refractivity contribution in [3.8, 4) is 5.75 Å². The predicted octanol–water partition coefficient (Wildman–Crippen LogP) is 2.85. The highest BCUT2D eigenvalue weighted by Gasteiger charge is 2.14. The monoisotopic (exact) mass is 327 g/mol. The Morgan fingerprint density at radius 1 is 1.08 bits per heavy atom. The van der Waals surface area contributed by atoms with E-state index in [1.807, 2.05) is 31.2 Å². The van der Waals surface area contributed by atoms with Gasteiger partial charge in [-0.05, 0) is 48.9 Å². The van der Waals surface area contributed by atoms with E-state index < -0.39 is 6.03 Å². The van der Waals surface area contributed by atoms with Gasteiger partial charge < -0.3 is 20.7 Å². The molecule has 0 atom stereocenters. The van der Waals surface area contributed by atoms with E-state index in [1.54, 1.807) is 36.3 Å². The maximum absolute atomic E-state index is 12.6. The molecule has 126 valence electrons. The number of nitrogens with zero attached hydrogens (tertiary/aromatic N) is 1. The van der Waals surface area contributed by atoms with Crippen molar-refractivity contribution >= 4 is 17.6 Å². The zero-order valence-electron chi connectivity index (χ0n) is 13.8. The van der Waals surface area contributed by atoms with E-state index in [1.165, 1.54) is 0 Å². The van der Waals surface area contributed by atoms with Crippen LogP contribution in [0.1, 0.15) is 22.8 Å². The van der Waals surface area contributed by atoms with Gasteiger partial charge in [-0.3, -0.25) is 4.79 Å². The number of anilines is 1. The van der Waals surface area contributed by atoms with Gasteiger partial charge in [0.15, 0.2) is 0 Å². The van der Waals surface area contributed by atoms with Crippen molar-refractivity contribution in [3.05, 3.63) is 59.7 Å². The number of nitrogens with one attached hydrogen (secondary N) is 1. The molecule has 0 spiro atoms. The van der Waals surface area contributed by atoms with E-state index in [0.717, 1.165) is 11.3 Å². The number of methoxy groups -OCH3 is 1. The highest BCUT2D eigenvalue weighted by molar-refractivity contribution is 5.95. The summed E-state index contributed by atoms with van der Waals surface area (Å²) in [4.78, 5) is 25.2. The number of nitrogens with two attached hydrogens (primary N) is 1. The molecule has 0 fully saturated rings. The van der Waals surface area contributed by atoms with Crippen molar-refractivity contribution in [2.75, 3.05) is 19.0 Å². The fraction of sp³-hybridized carbons (Fsp3) is 0.222. The van der Waals surface area contributed by atoms with Crippen LogP contribution in [0.4, 0.5) is 10.5 Å². The van der Waals surface area contributed by atoms with Crippen LogP contribution < -0.4 is 15.8 Å². The Kier molecular flexibility index (Phi) is 5.78. The molecule has 0 aliphatic heterocycles. The Morgan fingerprint density at radius 2 is 1.71 bits per heavy atom. The number of primary amides is 1. The van der Waals surface area contributed by atoms with Crippen LogP contribution in [0.2, 0.25) is 0 Å². The average molecular weight is 327 g/mol. The maximum Gasteiger partial charge on any atom is 0.316 e. The topological polar surface area (TPSA) is 84.7 Å². The summed E-state index contributed by atoms with van der Waals surface area (Å²) in [6.45, 7) is 3.04. The van der Waals surface area contributed by atoms with Crippen molar-refractivity contribution in [3.63, 3.8) is 0 Å².